The Morgan fingerprint density at radius 1 is 1.26 bits per heavy atom. The van der Waals surface area contributed by atoms with Crippen molar-refractivity contribution in [1.82, 2.24) is 0 Å². The number of rotatable bonds is 4. The van der Waals surface area contributed by atoms with Crippen LogP contribution in [0.2, 0.25) is 5.02 Å². The maximum atomic E-state index is 11.7. The van der Waals surface area contributed by atoms with Crippen molar-refractivity contribution in [2.45, 2.75) is 51.7 Å². The number of nitrogens with one attached hydrogen (secondary N) is 1. The normalized spacial score (nSPS) is 13.3. The van der Waals surface area contributed by atoms with E-state index >= 15 is 0 Å². The van der Waals surface area contributed by atoms with Gasteiger partial charge in [-0.3, -0.25) is 10.1 Å². The number of carbonyl (C=O) groups is 2. The molecule has 6 nitrogen and oxygen atoms in total. The molecule has 0 fully saturated rings. The molecule has 0 spiro atoms. The second kappa shape index (κ2) is 6.76. The summed E-state index contributed by atoms with van der Waals surface area (Å²) in [6.07, 6.45) is -0.595. The number of nitrogens with two attached hydrogens (primary N) is 1. The van der Waals surface area contributed by atoms with E-state index in [9.17, 15) is 9.59 Å². The second-order valence-electron chi connectivity index (χ2n) is 6.86. The zero-order valence-corrected chi connectivity index (χ0v) is 14.7. The van der Waals surface area contributed by atoms with Crippen molar-refractivity contribution >= 4 is 29.4 Å². The van der Waals surface area contributed by atoms with Gasteiger partial charge in [-0.25, -0.2) is 4.79 Å². The summed E-state index contributed by atoms with van der Waals surface area (Å²) < 4.78 is 5.16. The minimum atomic E-state index is -1.11. The first-order valence-electron chi connectivity index (χ1n) is 7.13. The molecule has 0 heterocycles. The number of benzene rings is 1. The summed E-state index contributed by atoms with van der Waals surface area (Å²) in [6, 6.07) is 3.71. The summed E-state index contributed by atoms with van der Waals surface area (Å²) >= 11 is 6.24. The lowest BCUT2D eigenvalue weighted by Crippen LogP contribution is -2.46. The molecule has 0 aliphatic carbocycles. The van der Waals surface area contributed by atoms with E-state index in [0.717, 1.165) is 0 Å². The number of hydrogen-bond donors (Lipinski definition) is 3. The number of halogens is 1. The first-order chi connectivity index (χ1) is 10.3. The number of amides is 1. The zero-order chi connectivity index (χ0) is 18.0. The molecule has 0 aliphatic heterocycles. The number of anilines is 1. The molecule has 0 bridgehead atoms. The lowest BCUT2D eigenvalue weighted by atomic mass is 9.78. The third-order valence-electron chi connectivity index (χ3n) is 3.35. The zero-order valence-electron chi connectivity index (χ0n) is 13.9. The largest absolute Gasteiger partial charge is 0.480 e. The smallest absolute Gasteiger partial charge is 0.412 e. The lowest BCUT2D eigenvalue weighted by Gasteiger charge is -2.30. The summed E-state index contributed by atoms with van der Waals surface area (Å²) in [5.74, 6) is -1.11. The number of carboxylic acids is 1. The number of carboxylic acid groups (broad SMARTS) is 1. The third-order valence-corrected chi connectivity index (χ3v) is 3.66. The van der Waals surface area contributed by atoms with Gasteiger partial charge in [-0.05, 0) is 38.5 Å². The van der Waals surface area contributed by atoms with Gasteiger partial charge in [-0.15, -0.1) is 0 Å². The van der Waals surface area contributed by atoms with Crippen LogP contribution in [0.1, 0.15) is 40.2 Å². The molecule has 4 N–H and O–H groups in total. The SMILES string of the molecule is CC(C)(C)OC(=O)Nc1ccc(C(C)(C)C(N)C(=O)O)c(Cl)c1. The summed E-state index contributed by atoms with van der Waals surface area (Å²) in [5, 5.41) is 12.0. The molecule has 1 rings (SSSR count). The first-order valence-corrected chi connectivity index (χ1v) is 7.51. The topological polar surface area (TPSA) is 102 Å². The van der Waals surface area contributed by atoms with Crippen LogP contribution in [-0.4, -0.2) is 28.8 Å². The minimum absolute atomic E-state index is 0.320. The second-order valence-corrected chi connectivity index (χ2v) is 7.27. The quantitative estimate of drug-likeness (QED) is 0.778. The van der Waals surface area contributed by atoms with E-state index in [2.05, 4.69) is 5.32 Å². The van der Waals surface area contributed by atoms with Gasteiger partial charge >= 0.3 is 12.1 Å². The fourth-order valence-electron chi connectivity index (χ4n) is 2.01. The van der Waals surface area contributed by atoms with Crippen LogP contribution in [-0.2, 0) is 14.9 Å². The number of hydrogen-bond acceptors (Lipinski definition) is 4. The molecule has 0 aliphatic rings. The number of ether oxygens (including phenoxy) is 1. The van der Waals surface area contributed by atoms with Gasteiger partial charge in [-0.1, -0.05) is 31.5 Å². The Hall–Kier alpha value is -1.79. The Bertz CT molecular complexity index is 609. The summed E-state index contributed by atoms with van der Waals surface area (Å²) in [4.78, 5) is 22.9. The maximum Gasteiger partial charge on any atom is 0.412 e. The van der Waals surface area contributed by atoms with Crippen molar-refractivity contribution in [3.63, 3.8) is 0 Å². The van der Waals surface area contributed by atoms with Crippen LogP contribution in [0.15, 0.2) is 18.2 Å². The molecule has 7 heteroatoms. The Morgan fingerprint density at radius 2 is 1.83 bits per heavy atom. The van der Waals surface area contributed by atoms with Crippen LogP contribution >= 0.6 is 11.6 Å². The molecule has 0 aromatic heterocycles. The number of carbonyl (C=O) groups excluding carboxylic acids is 1. The molecule has 0 radical (unpaired) electrons. The van der Waals surface area contributed by atoms with Crippen LogP contribution in [0, 0.1) is 0 Å². The molecule has 1 aromatic carbocycles. The molecule has 1 amide bonds. The average molecular weight is 343 g/mol. The van der Waals surface area contributed by atoms with E-state index in [1.165, 1.54) is 6.07 Å². The van der Waals surface area contributed by atoms with Crippen molar-refractivity contribution in [3.8, 4) is 0 Å². The van der Waals surface area contributed by atoms with E-state index in [0.29, 0.717) is 16.3 Å². The number of aliphatic carboxylic acids is 1. The van der Waals surface area contributed by atoms with Crippen LogP contribution in [0.5, 0.6) is 0 Å². The van der Waals surface area contributed by atoms with Gasteiger partial charge in [0.05, 0.1) is 0 Å². The van der Waals surface area contributed by atoms with Crippen LogP contribution < -0.4 is 11.1 Å². The Morgan fingerprint density at radius 3 is 2.26 bits per heavy atom. The molecular formula is C16H23ClN2O4. The van der Waals surface area contributed by atoms with Gasteiger partial charge in [-0.2, -0.15) is 0 Å². The van der Waals surface area contributed by atoms with Crippen LogP contribution in [0.3, 0.4) is 0 Å². The highest BCUT2D eigenvalue weighted by Crippen LogP contribution is 2.34. The average Bonchev–Trinajstić information content (AvgIpc) is 2.34. The van der Waals surface area contributed by atoms with Gasteiger partial charge in [0.25, 0.3) is 0 Å². The highest BCUT2D eigenvalue weighted by Gasteiger charge is 2.35. The van der Waals surface area contributed by atoms with E-state index < -0.39 is 29.1 Å². The fourth-order valence-corrected chi connectivity index (χ4v) is 2.44. The van der Waals surface area contributed by atoms with Gasteiger partial charge in [0.1, 0.15) is 11.6 Å². The van der Waals surface area contributed by atoms with Gasteiger partial charge in [0.2, 0.25) is 0 Å². The lowest BCUT2D eigenvalue weighted by molar-refractivity contribution is -0.140. The summed E-state index contributed by atoms with van der Waals surface area (Å²) in [5.41, 5.74) is 5.30. The molecular weight excluding hydrogens is 320 g/mol. The molecule has 1 unspecified atom stereocenters. The summed E-state index contributed by atoms with van der Waals surface area (Å²) in [6.45, 7) is 8.69. The molecule has 1 aromatic rings. The predicted octanol–water partition coefficient (Wildman–Crippen LogP) is 3.38. The third kappa shape index (κ3) is 5.11. The molecule has 1 atom stereocenters. The van der Waals surface area contributed by atoms with E-state index in [-0.39, 0.29) is 0 Å². The van der Waals surface area contributed by atoms with Gasteiger partial charge < -0.3 is 15.6 Å². The fraction of sp³-hybridized carbons (Fsp3) is 0.500. The van der Waals surface area contributed by atoms with Crippen molar-refractivity contribution < 1.29 is 19.4 Å². The van der Waals surface area contributed by atoms with E-state index in [4.69, 9.17) is 27.2 Å². The molecule has 128 valence electrons. The predicted molar refractivity (Wildman–Crippen MR) is 89.9 cm³/mol. The Kier molecular flexibility index (Phi) is 5.66. The van der Waals surface area contributed by atoms with Crippen molar-refractivity contribution in [2.24, 2.45) is 5.73 Å². The molecule has 0 saturated heterocycles. The highest BCUT2D eigenvalue weighted by molar-refractivity contribution is 6.31. The summed E-state index contributed by atoms with van der Waals surface area (Å²) in [7, 11) is 0. The molecule has 23 heavy (non-hydrogen) atoms. The van der Waals surface area contributed by atoms with Crippen molar-refractivity contribution in [3.05, 3.63) is 28.8 Å². The first kappa shape index (κ1) is 19.3. The Balaban J connectivity index is 2.99. The van der Waals surface area contributed by atoms with Gasteiger partial charge in [0, 0.05) is 16.1 Å². The maximum absolute atomic E-state index is 11.7. The van der Waals surface area contributed by atoms with Crippen molar-refractivity contribution in [2.75, 3.05) is 5.32 Å². The highest BCUT2D eigenvalue weighted by atomic mass is 35.5. The van der Waals surface area contributed by atoms with Crippen LogP contribution in [0.4, 0.5) is 10.5 Å². The van der Waals surface area contributed by atoms with E-state index in [1.54, 1.807) is 46.8 Å². The monoisotopic (exact) mass is 342 g/mol. The van der Waals surface area contributed by atoms with Crippen molar-refractivity contribution in [1.29, 1.82) is 0 Å². The molecule has 0 saturated carbocycles. The van der Waals surface area contributed by atoms with Crippen LogP contribution in [0.25, 0.3) is 0 Å². The minimum Gasteiger partial charge on any atom is -0.480 e. The standard InChI is InChI=1S/C16H23ClN2O4/c1-15(2,3)23-14(22)19-9-6-7-10(11(17)8-9)16(4,5)12(18)13(20)21/h6-8,12H,18H2,1-5H3,(H,19,22)(H,20,21). The van der Waals surface area contributed by atoms with E-state index in [1.807, 2.05) is 0 Å². The Labute approximate surface area is 141 Å². The van der Waals surface area contributed by atoms with Gasteiger partial charge in [0.15, 0.2) is 0 Å².